The van der Waals surface area contributed by atoms with Crippen molar-refractivity contribution in [3.8, 4) is 11.5 Å². The van der Waals surface area contributed by atoms with E-state index >= 15 is 0 Å². The SMILES string of the molecule is COc1ccc(S(=O)(=O)N(CC(=O)N(Cc2c(Cl)cccc2Cl)[C@H](Cc2ccccc2)C(=O)NC(C)C)c2ccc(F)cc2)cc1OC. The van der Waals surface area contributed by atoms with Crippen LogP contribution in [0.25, 0.3) is 0 Å². The number of amides is 2. The maximum absolute atomic E-state index is 14.6. The fraction of sp³-hybridized carbons (Fsp3) is 0.257. The molecule has 0 unspecified atom stereocenters. The molecule has 13 heteroatoms. The molecule has 9 nitrogen and oxygen atoms in total. The highest BCUT2D eigenvalue weighted by Crippen LogP contribution is 2.33. The molecule has 2 amide bonds. The number of nitrogens with zero attached hydrogens (tertiary/aromatic N) is 2. The Kier molecular flexibility index (Phi) is 12.3. The fourth-order valence-electron chi connectivity index (χ4n) is 5.03. The maximum atomic E-state index is 14.6. The van der Waals surface area contributed by atoms with Gasteiger partial charge in [-0.1, -0.05) is 59.6 Å². The molecule has 0 aliphatic rings. The summed E-state index contributed by atoms with van der Waals surface area (Å²) >= 11 is 13.1. The Bertz CT molecular complexity index is 1820. The number of carbonyl (C=O) groups excluding carboxylic acids is 2. The molecule has 0 bridgehead atoms. The topological polar surface area (TPSA) is 105 Å². The molecular weight excluding hydrogens is 680 g/mol. The minimum atomic E-state index is -4.49. The number of rotatable bonds is 14. The molecule has 0 saturated heterocycles. The van der Waals surface area contributed by atoms with Gasteiger partial charge in [-0.05, 0) is 67.9 Å². The number of benzene rings is 4. The number of carbonyl (C=O) groups is 2. The Morgan fingerprint density at radius 1 is 0.854 bits per heavy atom. The molecule has 0 fully saturated rings. The minimum absolute atomic E-state index is 0.0153. The molecule has 0 spiro atoms. The number of nitrogens with one attached hydrogen (secondary N) is 1. The summed E-state index contributed by atoms with van der Waals surface area (Å²) in [7, 11) is -1.71. The summed E-state index contributed by atoms with van der Waals surface area (Å²) in [4.78, 5) is 29.5. The van der Waals surface area contributed by atoms with Crippen molar-refractivity contribution >= 4 is 50.7 Å². The molecule has 0 aliphatic heterocycles. The van der Waals surface area contributed by atoms with E-state index in [-0.39, 0.29) is 45.4 Å². The smallest absolute Gasteiger partial charge is 0.264 e. The van der Waals surface area contributed by atoms with Crippen LogP contribution < -0.4 is 19.1 Å². The number of hydrogen-bond donors (Lipinski definition) is 1. The molecule has 0 heterocycles. The van der Waals surface area contributed by atoms with Gasteiger partial charge in [-0.2, -0.15) is 0 Å². The zero-order chi connectivity index (χ0) is 35.0. The van der Waals surface area contributed by atoms with Gasteiger partial charge in [-0.3, -0.25) is 13.9 Å². The quantitative estimate of drug-likeness (QED) is 0.160. The monoisotopic (exact) mass is 715 g/mol. The lowest BCUT2D eigenvalue weighted by atomic mass is 10.0. The number of methoxy groups -OCH3 is 2. The third-order valence-corrected chi connectivity index (χ3v) is 9.91. The van der Waals surface area contributed by atoms with E-state index in [1.165, 1.54) is 49.5 Å². The molecule has 0 saturated carbocycles. The summed E-state index contributed by atoms with van der Waals surface area (Å²) in [5.41, 5.74) is 1.15. The molecule has 0 aliphatic carbocycles. The predicted octanol–water partition coefficient (Wildman–Crippen LogP) is 6.51. The zero-order valence-corrected chi connectivity index (χ0v) is 29.2. The van der Waals surface area contributed by atoms with Crippen LogP contribution in [0.3, 0.4) is 0 Å². The largest absolute Gasteiger partial charge is 0.493 e. The van der Waals surface area contributed by atoms with Crippen molar-refractivity contribution < 1.29 is 31.9 Å². The predicted molar refractivity (Wildman–Crippen MR) is 185 cm³/mol. The summed E-state index contributed by atoms with van der Waals surface area (Å²) in [5, 5.41) is 3.41. The van der Waals surface area contributed by atoms with E-state index in [0.717, 1.165) is 22.0 Å². The number of sulfonamides is 1. The second-order valence-electron chi connectivity index (χ2n) is 11.1. The third-order valence-electron chi connectivity index (χ3n) is 7.43. The fourth-order valence-corrected chi connectivity index (χ4v) is 6.98. The zero-order valence-electron chi connectivity index (χ0n) is 26.8. The van der Waals surface area contributed by atoms with Crippen molar-refractivity contribution in [2.75, 3.05) is 25.1 Å². The number of ether oxygens (including phenoxy) is 2. The first kappa shape index (κ1) is 36.5. The van der Waals surface area contributed by atoms with Crippen molar-refractivity contribution in [2.24, 2.45) is 0 Å². The van der Waals surface area contributed by atoms with Gasteiger partial charge >= 0.3 is 0 Å². The van der Waals surface area contributed by atoms with Crippen molar-refractivity contribution in [1.29, 1.82) is 0 Å². The molecule has 1 N–H and O–H groups in total. The molecular formula is C35H36Cl2FN3O6S. The summed E-state index contributed by atoms with van der Waals surface area (Å²) in [6.07, 6.45) is 0.103. The maximum Gasteiger partial charge on any atom is 0.264 e. The Labute approximate surface area is 290 Å². The lowest BCUT2D eigenvalue weighted by Crippen LogP contribution is -2.54. The van der Waals surface area contributed by atoms with Crippen molar-refractivity contribution in [3.63, 3.8) is 0 Å². The Morgan fingerprint density at radius 2 is 1.48 bits per heavy atom. The highest BCUT2D eigenvalue weighted by atomic mass is 35.5. The Morgan fingerprint density at radius 3 is 2.06 bits per heavy atom. The second kappa shape index (κ2) is 16.2. The van der Waals surface area contributed by atoms with Crippen LogP contribution in [0.2, 0.25) is 10.0 Å². The Balaban J connectivity index is 1.86. The van der Waals surface area contributed by atoms with Crippen molar-refractivity contribution in [3.05, 3.63) is 118 Å². The van der Waals surface area contributed by atoms with Crippen LogP contribution in [-0.2, 0) is 32.6 Å². The van der Waals surface area contributed by atoms with Crippen molar-refractivity contribution in [2.45, 2.75) is 43.8 Å². The minimum Gasteiger partial charge on any atom is -0.493 e. The van der Waals surface area contributed by atoms with Gasteiger partial charge in [0.1, 0.15) is 18.4 Å². The van der Waals surface area contributed by atoms with Crippen LogP contribution in [0.1, 0.15) is 25.0 Å². The number of anilines is 1. The van der Waals surface area contributed by atoms with Crippen molar-refractivity contribution in [1.82, 2.24) is 10.2 Å². The molecule has 0 radical (unpaired) electrons. The highest BCUT2D eigenvalue weighted by Gasteiger charge is 2.35. The van der Waals surface area contributed by atoms with Crippen LogP contribution in [0, 0.1) is 5.82 Å². The van der Waals surface area contributed by atoms with E-state index in [1.807, 2.05) is 30.3 Å². The molecule has 48 heavy (non-hydrogen) atoms. The summed E-state index contributed by atoms with van der Waals surface area (Å²) < 4.78 is 54.1. The van der Waals surface area contributed by atoms with Gasteiger partial charge in [0.2, 0.25) is 11.8 Å². The molecule has 4 aromatic rings. The first-order chi connectivity index (χ1) is 22.8. The van der Waals surface area contributed by atoms with Gasteiger partial charge in [0.15, 0.2) is 11.5 Å². The first-order valence-electron chi connectivity index (χ1n) is 14.9. The van der Waals surface area contributed by atoms with Crippen LogP contribution in [0.5, 0.6) is 11.5 Å². The summed E-state index contributed by atoms with van der Waals surface area (Å²) in [6.45, 7) is 2.61. The van der Waals surface area contributed by atoms with Crippen LogP contribution in [0.15, 0.2) is 95.9 Å². The third kappa shape index (κ3) is 8.77. The average Bonchev–Trinajstić information content (AvgIpc) is 3.06. The lowest BCUT2D eigenvalue weighted by molar-refractivity contribution is -0.140. The van der Waals surface area contributed by atoms with Crippen LogP contribution in [0.4, 0.5) is 10.1 Å². The molecule has 4 rings (SSSR count). The highest BCUT2D eigenvalue weighted by molar-refractivity contribution is 7.92. The number of halogens is 3. The van der Waals surface area contributed by atoms with Crippen LogP contribution >= 0.6 is 23.2 Å². The normalized spacial score (nSPS) is 11.9. The van der Waals surface area contributed by atoms with E-state index in [0.29, 0.717) is 11.3 Å². The molecule has 4 aromatic carbocycles. The van der Waals surface area contributed by atoms with Gasteiger partial charge in [0.25, 0.3) is 10.0 Å². The van der Waals surface area contributed by atoms with E-state index in [1.54, 1.807) is 32.0 Å². The lowest BCUT2D eigenvalue weighted by Gasteiger charge is -2.34. The average molecular weight is 717 g/mol. The standard InChI is InChI=1S/C35H36Cl2FN3O6S/c1-23(2)39-35(43)31(19-24-9-6-5-7-10-24)40(21-28-29(36)11-8-12-30(28)37)34(42)22-41(26-15-13-25(38)14-16-26)48(44,45)27-17-18-32(46-3)33(20-27)47-4/h5-18,20,23,31H,19,21-22H2,1-4H3,(H,39,43)/t31-/m1/s1. The first-order valence-corrected chi connectivity index (χ1v) is 17.1. The van der Waals surface area contributed by atoms with Crippen LogP contribution in [-0.4, -0.2) is 58.0 Å². The molecule has 1 atom stereocenters. The number of hydrogen-bond acceptors (Lipinski definition) is 6. The van der Waals surface area contributed by atoms with Gasteiger partial charge in [-0.15, -0.1) is 0 Å². The van der Waals surface area contributed by atoms with Gasteiger partial charge in [0.05, 0.1) is 24.8 Å². The molecule has 254 valence electrons. The Hall–Kier alpha value is -4.32. The summed E-state index contributed by atoms with van der Waals surface area (Å²) in [5.74, 6) is -1.35. The molecule has 0 aromatic heterocycles. The van der Waals surface area contributed by atoms with Gasteiger partial charge in [-0.25, -0.2) is 12.8 Å². The van der Waals surface area contributed by atoms with E-state index < -0.39 is 40.2 Å². The summed E-state index contributed by atoms with van der Waals surface area (Å²) in [6, 6.07) is 21.3. The van der Waals surface area contributed by atoms with E-state index in [4.69, 9.17) is 32.7 Å². The van der Waals surface area contributed by atoms with Gasteiger partial charge in [0, 0.05) is 40.7 Å². The van der Waals surface area contributed by atoms with E-state index in [2.05, 4.69) is 5.32 Å². The van der Waals surface area contributed by atoms with E-state index in [9.17, 15) is 22.4 Å². The second-order valence-corrected chi connectivity index (χ2v) is 13.8. The van der Waals surface area contributed by atoms with Gasteiger partial charge < -0.3 is 19.7 Å².